The highest BCUT2D eigenvalue weighted by atomic mass is 19.1. The number of benzene rings is 6. The van der Waals surface area contributed by atoms with E-state index in [4.69, 9.17) is 14.2 Å². The van der Waals surface area contributed by atoms with Crippen molar-refractivity contribution >= 4 is 58.6 Å². The maximum absolute atomic E-state index is 13.6. The summed E-state index contributed by atoms with van der Waals surface area (Å²) in [6.45, 7) is 12.7. The summed E-state index contributed by atoms with van der Waals surface area (Å²) >= 11 is 0. The normalized spacial score (nSPS) is 13.3. The predicted octanol–water partition coefficient (Wildman–Crippen LogP) is 18.9. The van der Waals surface area contributed by atoms with E-state index in [0.717, 1.165) is 132 Å². The van der Waals surface area contributed by atoms with Crippen LogP contribution in [0.15, 0.2) is 336 Å². The molecule has 3 saturated heterocycles. The number of aryl methyl sites for hydroxylation is 2. The Labute approximate surface area is 780 Å². The maximum atomic E-state index is 13.6. The molecule has 0 spiro atoms. The highest BCUT2D eigenvalue weighted by Crippen LogP contribution is 2.41. The Bertz CT molecular complexity index is 6670. The largest absolute Gasteiger partial charge is 0.492 e. The molecule has 1 aliphatic carbocycles. The average molecular weight is 1800 g/mol. The van der Waals surface area contributed by atoms with Crippen molar-refractivity contribution in [3.8, 4) is 72.5 Å². The minimum absolute atomic E-state index is 0.106. The second-order valence-electron chi connectivity index (χ2n) is 32.4. The number of carbonyl (C=O) groups excluding carboxylic acids is 5. The summed E-state index contributed by atoms with van der Waals surface area (Å²) in [4.78, 5) is 115. The molecule has 5 N–H and O–H groups in total. The van der Waals surface area contributed by atoms with Gasteiger partial charge in [0.25, 0.3) is 29.5 Å². The molecule has 1 saturated carbocycles. The molecular formula is C107H96FN19O8. The molecule has 28 heteroatoms. The smallest absolute Gasteiger partial charge is 0.261 e. The Morgan fingerprint density at radius 3 is 1.07 bits per heavy atom. The number of hydrogen-bond donors (Lipinski definition) is 5. The molecule has 3 aliphatic heterocycles. The molecule has 10 aromatic heterocycles. The Morgan fingerprint density at radius 1 is 0.333 bits per heavy atom. The molecule has 0 atom stereocenters. The lowest BCUT2D eigenvalue weighted by Crippen LogP contribution is -2.45. The van der Waals surface area contributed by atoms with E-state index in [1.165, 1.54) is 84.7 Å². The minimum atomic E-state index is -0.610. The zero-order valence-corrected chi connectivity index (χ0v) is 74.4. The van der Waals surface area contributed by atoms with Crippen molar-refractivity contribution in [3.63, 3.8) is 0 Å². The van der Waals surface area contributed by atoms with E-state index in [-0.39, 0.29) is 29.2 Å². The molecule has 0 bridgehead atoms. The molecule has 0 radical (unpaired) electrons. The number of nitrogens with one attached hydrogen (secondary N) is 5. The molecule has 6 aromatic carbocycles. The molecule has 4 fully saturated rings. The average Bonchev–Trinajstić information content (AvgIpc) is 1.63. The lowest BCUT2D eigenvalue weighted by atomic mass is 9.94. The number of amides is 5. The number of anilines is 5. The quantitative estimate of drug-likeness (QED) is 0.0397. The summed E-state index contributed by atoms with van der Waals surface area (Å²) in [6.07, 6.45) is 26.1. The van der Waals surface area contributed by atoms with Crippen LogP contribution in [0.5, 0.6) is 5.75 Å². The van der Waals surface area contributed by atoms with Crippen LogP contribution in [-0.2, 0) is 9.47 Å². The zero-order valence-electron chi connectivity index (χ0n) is 74.4. The molecule has 674 valence electrons. The number of ether oxygens (including phenoxy) is 3. The van der Waals surface area contributed by atoms with E-state index in [1.807, 2.05) is 91.0 Å². The van der Waals surface area contributed by atoms with Gasteiger partial charge in [0.1, 0.15) is 58.9 Å². The third-order valence-corrected chi connectivity index (χ3v) is 22.6. The Hall–Kier alpha value is -16.4. The van der Waals surface area contributed by atoms with Gasteiger partial charge in [0.2, 0.25) is 0 Å². The number of halogens is 1. The number of likely N-dealkylation sites (N-methyl/N-ethyl adjacent to an activating group) is 1. The van der Waals surface area contributed by atoms with Gasteiger partial charge in [0.05, 0.1) is 54.2 Å². The van der Waals surface area contributed by atoms with Crippen molar-refractivity contribution in [1.82, 2.24) is 69.6 Å². The highest BCUT2D eigenvalue weighted by Gasteiger charge is 2.26. The number of carbonyl (C=O) groups is 5. The second-order valence-corrected chi connectivity index (χ2v) is 32.4. The van der Waals surface area contributed by atoms with E-state index >= 15 is 0 Å². The molecule has 20 rings (SSSR count). The molecule has 0 unspecified atom stereocenters. The van der Waals surface area contributed by atoms with Crippen molar-refractivity contribution in [3.05, 3.63) is 398 Å². The monoisotopic (exact) mass is 1790 g/mol. The zero-order chi connectivity index (χ0) is 93.0. The van der Waals surface area contributed by atoms with E-state index in [0.29, 0.717) is 87.4 Å². The number of rotatable bonds is 23. The van der Waals surface area contributed by atoms with Crippen LogP contribution in [0, 0.1) is 19.7 Å². The van der Waals surface area contributed by atoms with E-state index in [9.17, 15) is 28.4 Å². The first-order valence-electron chi connectivity index (χ1n) is 44.2. The fourth-order valence-corrected chi connectivity index (χ4v) is 14.5. The SMILES string of the molecule is Cc1ncc(C(=O)Nc2ccc(-c3cccc(C4COC4)c3)cn2)cn1.Cc1ncc(C(=O)Nc2ccc(-c3cccc(OCCN4CCN(C)CC4)c3)cn2)cn1.O=C(Nc1ccc(-c2cccc(-c3ccccc3)c2)cn1)c1cccnc1.O=C(Nc1ccc(-c2cccc(C3CC3)c2)cn1)c1cnccc1F.O=C(Nc1ccc(-c2cccc(C3COC3)c2)cn1)c1cccnc1. The second kappa shape index (κ2) is 45.4. The first kappa shape index (κ1) is 91.9. The van der Waals surface area contributed by atoms with Crippen molar-refractivity contribution in [2.24, 2.45) is 0 Å². The van der Waals surface area contributed by atoms with Crippen LogP contribution < -0.4 is 31.3 Å². The number of aromatic nitrogens is 12. The summed E-state index contributed by atoms with van der Waals surface area (Å²) in [5.41, 5.74) is 18.3. The van der Waals surface area contributed by atoms with Gasteiger partial charge in [-0.1, -0.05) is 133 Å². The van der Waals surface area contributed by atoms with E-state index in [2.05, 4.69) is 200 Å². The van der Waals surface area contributed by atoms with Crippen molar-refractivity contribution < 1.29 is 42.6 Å². The minimum Gasteiger partial charge on any atom is -0.492 e. The van der Waals surface area contributed by atoms with Gasteiger partial charge in [0.15, 0.2) is 0 Å². The summed E-state index contributed by atoms with van der Waals surface area (Å²) in [5.74, 6) is 3.91. The van der Waals surface area contributed by atoms with Crippen molar-refractivity contribution in [1.29, 1.82) is 0 Å². The summed E-state index contributed by atoms with van der Waals surface area (Å²) < 4.78 is 30.1. The molecular weight excluding hydrogens is 1700 g/mol. The molecule has 27 nitrogen and oxygen atoms in total. The van der Waals surface area contributed by atoms with Gasteiger partial charge in [-0.2, -0.15) is 0 Å². The maximum Gasteiger partial charge on any atom is 0.261 e. The Kier molecular flexibility index (Phi) is 30.9. The molecule has 16 aromatic rings. The van der Waals surface area contributed by atoms with Crippen molar-refractivity contribution in [2.75, 3.05) is 99.4 Å². The van der Waals surface area contributed by atoms with E-state index < -0.39 is 11.7 Å². The van der Waals surface area contributed by atoms with Gasteiger partial charge in [-0.3, -0.25) is 43.8 Å². The Balaban J connectivity index is 0.000000123. The van der Waals surface area contributed by atoms with Gasteiger partial charge >= 0.3 is 0 Å². The fraction of sp³-hybridized carbons (Fsp3) is 0.168. The predicted molar refractivity (Wildman–Crippen MR) is 518 cm³/mol. The first-order chi connectivity index (χ1) is 66.0. The van der Waals surface area contributed by atoms with Crippen LogP contribution in [0.1, 0.15) is 111 Å². The summed E-state index contributed by atoms with van der Waals surface area (Å²) in [6, 6.07) is 78.5. The lowest BCUT2D eigenvalue weighted by molar-refractivity contribution is 0.00839. The van der Waals surface area contributed by atoms with Gasteiger partial charge in [0, 0.05) is 165 Å². The van der Waals surface area contributed by atoms with Crippen molar-refractivity contribution in [2.45, 2.75) is 44.4 Å². The summed E-state index contributed by atoms with van der Waals surface area (Å²) in [5, 5.41) is 13.7. The van der Waals surface area contributed by atoms with Crippen LogP contribution in [-0.4, -0.2) is 172 Å². The molecule has 5 amide bonds. The summed E-state index contributed by atoms with van der Waals surface area (Å²) in [7, 11) is 2.16. The highest BCUT2D eigenvalue weighted by molar-refractivity contribution is 6.06. The molecule has 13 heterocycles. The number of piperazine rings is 1. The first-order valence-corrected chi connectivity index (χ1v) is 44.2. The third-order valence-electron chi connectivity index (χ3n) is 22.6. The fourth-order valence-electron chi connectivity index (χ4n) is 14.5. The van der Waals surface area contributed by atoms with Gasteiger partial charge in [-0.25, -0.2) is 49.2 Å². The van der Waals surface area contributed by atoms with Crippen LogP contribution >= 0.6 is 0 Å². The number of hydrogen-bond acceptors (Lipinski definition) is 22. The topological polar surface area (TPSA) is 334 Å². The van der Waals surface area contributed by atoms with Gasteiger partial charge in [-0.15, -0.1) is 0 Å². The molecule has 135 heavy (non-hydrogen) atoms. The number of pyridine rings is 8. The van der Waals surface area contributed by atoms with Crippen LogP contribution in [0.3, 0.4) is 0 Å². The Morgan fingerprint density at radius 2 is 0.696 bits per heavy atom. The lowest BCUT2D eigenvalue weighted by Gasteiger charge is -2.32. The standard InChI is InChI=1S/C24H28N6O2.C23H17N3O.C20H16FN3O.C20H18N4O2.C20H17N3O2/c1-18-25-16-21(17-26-18)24(31)28-23-7-6-20(15-27-23)19-4-3-5-22(14-19)32-13-12-30-10-8-29(2)9-11-30;27-23(21-10-5-13-24-15-21)26-22-12-11-20(16-25-22)19-9-4-8-18(14-19)17-6-2-1-3-7-17;21-18-8-9-22-12-17(18)20(25)24-19-7-6-16(11-23-19)15-3-1-2-14(10-15)13-4-5-13;1-13-21-9-17(10-22-13)20(25)24-19-6-5-16(8-23-19)14-3-2-4-15(7-14)18-11-26-12-18;24-20(17-5-2-8-21-10-17)23-19-7-6-16(11-22-19)14-3-1-4-15(9-14)18-12-25-13-18/h3-7,14-17H,8-13H2,1-2H3,(H,27,28,31);1-16H,(H,25,26,27);1-3,6-13H,4-5H2,(H,23,24,25);2-10,18H,11-12H2,1H3,(H,23,24,25);1-11,18H,12-13H2,(H,22,23,24). The van der Waals surface area contributed by atoms with Gasteiger partial charge < -0.3 is 45.7 Å². The van der Waals surface area contributed by atoms with Crippen LogP contribution in [0.25, 0.3) is 66.8 Å². The van der Waals surface area contributed by atoms with Crippen LogP contribution in [0.4, 0.5) is 33.5 Å². The van der Waals surface area contributed by atoms with E-state index in [1.54, 1.807) is 106 Å². The number of nitrogens with zero attached hydrogens (tertiary/aromatic N) is 14. The van der Waals surface area contributed by atoms with Crippen LogP contribution in [0.2, 0.25) is 0 Å². The van der Waals surface area contributed by atoms with Gasteiger partial charge in [-0.05, 0) is 204 Å². The third kappa shape index (κ3) is 26.1. The molecule has 4 aliphatic rings.